The predicted molar refractivity (Wildman–Crippen MR) is 70.5 cm³/mol. The third-order valence-corrected chi connectivity index (χ3v) is 4.45. The first-order valence-electron chi connectivity index (χ1n) is 5.93. The molecule has 2 atom stereocenters. The Hall–Kier alpha value is -1.17. The standard InChI is InChI=1S/C12H20N2O3S/c1-5-10-7-11(14(3)13-10)8-18(16)9(2)6-12(15)17-4/h7,9H,5-6,8H2,1-4H3. The molecule has 18 heavy (non-hydrogen) atoms. The van der Waals surface area contributed by atoms with Crippen molar-refractivity contribution < 1.29 is 13.7 Å². The number of methoxy groups -OCH3 is 1. The van der Waals surface area contributed by atoms with E-state index in [1.165, 1.54) is 7.11 Å². The van der Waals surface area contributed by atoms with Crippen molar-refractivity contribution in [2.75, 3.05) is 7.11 Å². The average Bonchev–Trinajstić information content (AvgIpc) is 2.69. The van der Waals surface area contributed by atoms with Crippen molar-refractivity contribution in [2.24, 2.45) is 7.05 Å². The first-order valence-corrected chi connectivity index (χ1v) is 7.31. The van der Waals surface area contributed by atoms with Gasteiger partial charge >= 0.3 is 5.97 Å². The van der Waals surface area contributed by atoms with E-state index >= 15 is 0 Å². The van der Waals surface area contributed by atoms with E-state index in [0.29, 0.717) is 5.75 Å². The molecule has 0 saturated heterocycles. The fraction of sp³-hybridized carbons (Fsp3) is 0.667. The molecular weight excluding hydrogens is 252 g/mol. The minimum Gasteiger partial charge on any atom is -0.469 e. The Balaban J connectivity index is 2.63. The number of aryl methyl sites for hydroxylation is 2. The molecule has 0 fully saturated rings. The fourth-order valence-corrected chi connectivity index (χ4v) is 2.75. The Morgan fingerprint density at radius 3 is 2.78 bits per heavy atom. The van der Waals surface area contributed by atoms with Gasteiger partial charge in [-0.2, -0.15) is 5.10 Å². The summed E-state index contributed by atoms with van der Waals surface area (Å²) in [6, 6.07) is 1.96. The minimum absolute atomic E-state index is 0.182. The molecule has 0 saturated carbocycles. The zero-order valence-electron chi connectivity index (χ0n) is 11.3. The smallest absolute Gasteiger partial charge is 0.306 e. The third kappa shape index (κ3) is 3.94. The van der Waals surface area contributed by atoms with Gasteiger partial charge in [0.2, 0.25) is 0 Å². The van der Waals surface area contributed by atoms with Gasteiger partial charge in [0, 0.05) is 23.1 Å². The van der Waals surface area contributed by atoms with E-state index in [4.69, 9.17) is 0 Å². The molecule has 0 aliphatic heterocycles. The second kappa shape index (κ2) is 6.68. The van der Waals surface area contributed by atoms with E-state index in [1.807, 2.05) is 20.0 Å². The molecule has 0 amide bonds. The topological polar surface area (TPSA) is 61.2 Å². The molecule has 0 bridgehead atoms. The summed E-state index contributed by atoms with van der Waals surface area (Å²) in [5.41, 5.74) is 1.92. The summed E-state index contributed by atoms with van der Waals surface area (Å²) in [5, 5.41) is 4.10. The van der Waals surface area contributed by atoms with Crippen molar-refractivity contribution in [3.63, 3.8) is 0 Å². The van der Waals surface area contributed by atoms with Crippen molar-refractivity contribution in [1.82, 2.24) is 9.78 Å². The molecular formula is C12H20N2O3S. The van der Waals surface area contributed by atoms with Crippen molar-refractivity contribution in [3.05, 3.63) is 17.5 Å². The molecule has 6 heteroatoms. The summed E-state index contributed by atoms with van der Waals surface area (Å²) < 4.78 is 18.4. The molecule has 0 N–H and O–H groups in total. The molecule has 102 valence electrons. The van der Waals surface area contributed by atoms with Crippen LogP contribution < -0.4 is 0 Å². The van der Waals surface area contributed by atoms with Crippen LogP contribution in [-0.4, -0.2) is 32.3 Å². The number of esters is 1. The number of hydrogen-bond acceptors (Lipinski definition) is 4. The van der Waals surface area contributed by atoms with Gasteiger partial charge in [-0.3, -0.25) is 13.7 Å². The monoisotopic (exact) mass is 272 g/mol. The van der Waals surface area contributed by atoms with Gasteiger partial charge in [-0.05, 0) is 12.5 Å². The number of nitrogens with zero attached hydrogens (tertiary/aromatic N) is 2. The maximum Gasteiger partial charge on any atom is 0.306 e. The maximum absolute atomic E-state index is 12.1. The van der Waals surface area contributed by atoms with Crippen LogP contribution >= 0.6 is 0 Å². The number of rotatable bonds is 6. The summed E-state index contributed by atoms with van der Waals surface area (Å²) in [7, 11) is 2.09. The second-order valence-electron chi connectivity index (χ2n) is 4.22. The van der Waals surface area contributed by atoms with Crippen LogP contribution in [0.5, 0.6) is 0 Å². The lowest BCUT2D eigenvalue weighted by atomic mass is 10.3. The van der Waals surface area contributed by atoms with Crippen LogP contribution in [0.1, 0.15) is 31.7 Å². The first-order chi connectivity index (χ1) is 8.47. The van der Waals surface area contributed by atoms with E-state index in [1.54, 1.807) is 11.6 Å². The number of ether oxygens (including phenoxy) is 1. The van der Waals surface area contributed by atoms with E-state index in [9.17, 15) is 9.00 Å². The lowest BCUT2D eigenvalue weighted by molar-refractivity contribution is -0.140. The van der Waals surface area contributed by atoms with Crippen molar-refractivity contribution >= 4 is 16.8 Å². The Bertz CT molecular complexity index is 443. The Morgan fingerprint density at radius 1 is 1.61 bits per heavy atom. The molecule has 5 nitrogen and oxygen atoms in total. The average molecular weight is 272 g/mol. The lowest BCUT2D eigenvalue weighted by Crippen LogP contribution is -2.19. The largest absolute Gasteiger partial charge is 0.469 e. The predicted octanol–water partition coefficient (Wildman–Crippen LogP) is 1.18. The summed E-state index contributed by atoms with van der Waals surface area (Å²) in [4.78, 5) is 11.1. The molecule has 0 aliphatic carbocycles. The van der Waals surface area contributed by atoms with E-state index < -0.39 is 10.8 Å². The number of hydrogen-bond donors (Lipinski definition) is 0. The molecule has 1 rings (SSSR count). The summed E-state index contributed by atoms with van der Waals surface area (Å²) in [5.74, 6) is 0.0943. The highest BCUT2D eigenvalue weighted by atomic mass is 32.2. The zero-order chi connectivity index (χ0) is 13.7. The molecule has 0 aliphatic rings. The summed E-state index contributed by atoms with van der Waals surface area (Å²) in [6.07, 6.45) is 1.04. The SMILES string of the molecule is CCc1cc(CS(=O)C(C)CC(=O)OC)n(C)n1. The summed E-state index contributed by atoms with van der Waals surface area (Å²) >= 11 is 0. The van der Waals surface area contributed by atoms with Gasteiger partial charge in [0.15, 0.2) is 0 Å². The molecule has 0 aromatic carbocycles. The highest BCUT2D eigenvalue weighted by Gasteiger charge is 2.18. The first kappa shape index (κ1) is 14.9. The maximum atomic E-state index is 12.1. The highest BCUT2D eigenvalue weighted by Crippen LogP contribution is 2.11. The van der Waals surface area contributed by atoms with Crippen LogP contribution in [-0.2, 0) is 39.6 Å². The summed E-state index contributed by atoms with van der Waals surface area (Å²) in [6.45, 7) is 3.83. The normalized spacial score (nSPS) is 14.2. The molecule has 1 aromatic rings. The van der Waals surface area contributed by atoms with Crippen LogP contribution in [0.3, 0.4) is 0 Å². The van der Waals surface area contributed by atoms with Crippen molar-refractivity contribution in [1.29, 1.82) is 0 Å². The highest BCUT2D eigenvalue weighted by molar-refractivity contribution is 7.84. The van der Waals surface area contributed by atoms with Gasteiger partial charge in [-0.15, -0.1) is 0 Å². The van der Waals surface area contributed by atoms with Crippen LogP contribution in [0.4, 0.5) is 0 Å². The van der Waals surface area contributed by atoms with Gasteiger partial charge in [0.25, 0.3) is 0 Å². The molecule has 0 radical (unpaired) electrons. The van der Waals surface area contributed by atoms with E-state index in [-0.39, 0.29) is 17.6 Å². The van der Waals surface area contributed by atoms with Gasteiger partial charge in [0.05, 0.1) is 30.7 Å². The zero-order valence-corrected chi connectivity index (χ0v) is 12.1. The van der Waals surface area contributed by atoms with Crippen LogP contribution in [0.25, 0.3) is 0 Å². The van der Waals surface area contributed by atoms with Crippen molar-refractivity contribution in [3.8, 4) is 0 Å². The van der Waals surface area contributed by atoms with Gasteiger partial charge in [-0.1, -0.05) is 13.8 Å². The number of aromatic nitrogens is 2. The third-order valence-electron chi connectivity index (χ3n) is 2.81. The van der Waals surface area contributed by atoms with Crippen LogP contribution in [0.2, 0.25) is 0 Å². The van der Waals surface area contributed by atoms with Gasteiger partial charge in [-0.25, -0.2) is 0 Å². The molecule has 2 unspecified atom stereocenters. The minimum atomic E-state index is -1.10. The quantitative estimate of drug-likeness (QED) is 0.730. The molecule has 1 heterocycles. The Morgan fingerprint density at radius 2 is 2.28 bits per heavy atom. The lowest BCUT2D eigenvalue weighted by Gasteiger charge is -2.09. The molecule has 0 spiro atoms. The van der Waals surface area contributed by atoms with E-state index in [0.717, 1.165) is 17.8 Å². The fourth-order valence-electron chi connectivity index (χ4n) is 1.58. The second-order valence-corrected chi connectivity index (χ2v) is 6.08. The Labute approximate surface area is 110 Å². The van der Waals surface area contributed by atoms with Gasteiger partial charge in [0.1, 0.15) is 0 Å². The van der Waals surface area contributed by atoms with E-state index in [2.05, 4.69) is 9.84 Å². The Kier molecular flexibility index (Phi) is 5.53. The van der Waals surface area contributed by atoms with Gasteiger partial charge < -0.3 is 4.74 Å². The molecule has 1 aromatic heterocycles. The van der Waals surface area contributed by atoms with Crippen LogP contribution in [0.15, 0.2) is 6.07 Å². The van der Waals surface area contributed by atoms with Crippen molar-refractivity contribution in [2.45, 2.75) is 37.7 Å². The number of carbonyl (C=O) groups excluding carboxylic acids is 1. The van der Waals surface area contributed by atoms with Crippen LogP contribution in [0, 0.1) is 0 Å². The number of carbonyl (C=O) groups is 1.